The van der Waals surface area contributed by atoms with Crippen LogP contribution in [0.2, 0.25) is 0 Å². The molecule has 9 rings (SSSR count). The molecule has 3 atom stereocenters. The molecule has 0 bridgehead atoms. The number of benzene rings is 3. The van der Waals surface area contributed by atoms with Gasteiger partial charge in [0.15, 0.2) is 0 Å². The highest BCUT2D eigenvalue weighted by molar-refractivity contribution is 6.23. The Labute approximate surface area is 331 Å². The van der Waals surface area contributed by atoms with Crippen LogP contribution in [0.1, 0.15) is 87.2 Å². The maximum absolute atomic E-state index is 16.1. The van der Waals surface area contributed by atoms with Crippen molar-refractivity contribution in [1.29, 1.82) is 0 Å². The summed E-state index contributed by atoms with van der Waals surface area (Å²) >= 11 is 0. The molecular weight excluding hydrogens is 760 g/mol. The quantitative estimate of drug-likeness (QED) is 0.268. The summed E-state index contributed by atoms with van der Waals surface area (Å²) in [5, 5.41) is 12.3. The average Bonchev–Trinajstić information content (AvgIpc) is 3.65. The van der Waals surface area contributed by atoms with Crippen molar-refractivity contribution in [3.05, 3.63) is 93.0 Å². The van der Waals surface area contributed by atoms with Gasteiger partial charge >= 0.3 is 0 Å². The first-order chi connectivity index (χ1) is 27.7. The van der Waals surface area contributed by atoms with E-state index in [9.17, 15) is 37.9 Å². The molecule has 5 amide bonds. The summed E-state index contributed by atoms with van der Waals surface area (Å²) in [5.74, 6) is -3.94. The molecule has 304 valence electrons. The summed E-state index contributed by atoms with van der Waals surface area (Å²) in [5.41, 5.74) is 3.17. The number of phenolic OH excluding ortho intramolecular Hbond substituents is 1. The van der Waals surface area contributed by atoms with Crippen LogP contribution in [-0.2, 0) is 33.9 Å². The smallest absolute Gasteiger partial charge is 0.262 e. The average molecular weight is 803 g/mol. The number of anilines is 1. The van der Waals surface area contributed by atoms with E-state index >= 15 is 8.78 Å². The number of hydrogen-bond acceptors (Lipinski definition) is 9. The summed E-state index contributed by atoms with van der Waals surface area (Å²) in [7, 11) is 0. The number of nitrogens with zero attached hydrogens (tertiary/aromatic N) is 5. The zero-order chi connectivity index (χ0) is 40.8. The number of likely N-dealkylation sites (tertiary alicyclic amines) is 1. The molecule has 1 spiro atoms. The number of halogens is 4. The normalized spacial score (nSPS) is 24.3. The van der Waals surface area contributed by atoms with Gasteiger partial charge in [0.05, 0.1) is 30.3 Å². The van der Waals surface area contributed by atoms with Gasteiger partial charge in [0.2, 0.25) is 17.7 Å². The van der Waals surface area contributed by atoms with Crippen LogP contribution in [0, 0.1) is 17.0 Å². The second-order valence-electron chi connectivity index (χ2n) is 16.7. The van der Waals surface area contributed by atoms with Crippen LogP contribution in [0.25, 0.3) is 0 Å². The summed E-state index contributed by atoms with van der Waals surface area (Å²) < 4.78 is 59.6. The minimum Gasteiger partial charge on any atom is -0.508 e. The number of hydrogen-bond donors (Lipinski definition) is 2. The molecule has 0 radical (unpaired) electrons. The van der Waals surface area contributed by atoms with Crippen molar-refractivity contribution in [3.63, 3.8) is 0 Å². The lowest BCUT2D eigenvalue weighted by atomic mass is 9.72. The Morgan fingerprint density at radius 3 is 2.16 bits per heavy atom. The fourth-order valence-electron chi connectivity index (χ4n) is 10.0. The topological polar surface area (TPSA) is 134 Å². The zero-order valence-corrected chi connectivity index (χ0v) is 31.8. The van der Waals surface area contributed by atoms with Gasteiger partial charge in [-0.2, -0.15) is 0 Å². The van der Waals surface area contributed by atoms with Gasteiger partial charge in [-0.25, -0.2) is 17.6 Å². The number of nitrogens with one attached hydrogen (secondary N) is 1. The molecule has 1 unspecified atom stereocenters. The molecule has 0 saturated carbocycles. The molecule has 3 aromatic rings. The molecule has 6 heterocycles. The Bertz CT molecular complexity index is 2200. The van der Waals surface area contributed by atoms with Crippen LogP contribution in [0.15, 0.2) is 42.5 Å². The van der Waals surface area contributed by atoms with E-state index in [2.05, 4.69) is 5.32 Å². The maximum atomic E-state index is 16.1. The summed E-state index contributed by atoms with van der Waals surface area (Å²) in [6, 6.07) is 7.77. The van der Waals surface area contributed by atoms with Gasteiger partial charge in [-0.15, -0.1) is 0 Å². The van der Waals surface area contributed by atoms with E-state index in [-0.39, 0.29) is 53.1 Å². The number of carbonyl (C=O) groups is 5. The number of carbonyl (C=O) groups excluding carboxylic acids is 5. The number of aromatic hydroxyl groups is 1. The van der Waals surface area contributed by atoms with Gasteiger partial charge < -0.3 is 14.9 Å². The molecule has 2 N–H and O–H groups in total. The summed E-state index contributed by atoms with van der Waals surface area (Å²) in [6.07, 6.45) is -0.831. The van der Waals surface area contributed by atoms with Gasteiger partial charge in [-0.3, -0.25) is 44.0 Å². The van der Waals surface area contributed by atoms with Crippen LogP contribution in [0.5, 0.6) is 5.75 Å². The lowest BCUT2D eigenvalue weighted by Crippen LogP contribution is -2.63. The van der Waals surface area contributed by atoms with Crippen molar-refractivity contribution in [2.45, 2.75) is 76.7 Å². The second-order valence-corrected chi connectivity index (χ2v) is 16.7. The monoisotopic (exact) mass is 802 g/mol. The van der Waals surface area contributed by atoms with Crippen molar-refractivity contribution in [2.75, 3.05) is 44.2 Å². The van der Waals surface area contributed by atoms with Crippen LogP contribution in [0.3, 0.4) is 0 Å². The van der Waals surface area contributed by atoms with E-state index in [0.29, 0.717) is 75.3 Å². The maximum Gasteiger partial charge on any atom is 0.262 e. The van der Waals surface area contributed by atoms with Crippen LogP contribution >= 0.6 is 0 Å². The van der Waals surface area contributed by atoms with Crippen LogP contribution in [0.4, 0.5) is 23.2 Å². The summed E-state index contributed by atoms with van der Waals surface area (Å²) in [4.78, 5) is 72.0. The van der Waals surface area contributed by atoms with E-state index in [1.54, 1.807) is 25.1 Å². The van der Waals surface area contributed by atoms with Gasteiger partial charge in [-0.1, -0.05) is 6.07 Å². The molecule has 12 nitrogen and oxygen atoms in total. The first kappa shape index (κ1) is 38.2. The standard InChI is InChI=1S/C42H42F4N6O6/c1-22-10-23-11-27(53)2-3-28(23)38(51(22)18-34(45)46)37-31(43)14-26(15-32(37)44)49-8-6-42(7-9-49)20-50(21-42)36(55)19-48-16-24-12-29-30(13-25(24)17-48)41(58)52(40(29)57)33-4-5-35(54)47-39(33)56/h2-3,11-15,22,33-34,38,53H,4-10,16-21H2,1H3,(H,47,54,56)/t22-,33?,38+/m1/s1. The number of amides is 5. The predicted octanol–water partition coefficient (Wildman–Crippen LogP) is 4.12. The molecule has 3 saturated heterocycles. The number of alkyl halides is 2. The van der Waals surface area contributed by atoms with Crippen molar-refractivity contribution >= 4 is 35.2 Å². The molecule has 6 aliphatic heterocycles. The third kappa shape index (κ3) is 6.49. The molecule has 3 aromatic carbocycles. The van der Waals surface area contributed by atoms with Crippen LogP contribution < -0.4 is 10.2 Å². The minimum atomic E-state index is -2.71. The van der Waals surface area contributed by atoms with Crippen molar-refractivity contribution in [1.82, 2.24) is 24.9 Å². The summed E-state index contributed by atoms with van der Waals surface area (Å²) in [6.45, 7) is 4.20. The highest BCUT2D eigenvalue weighted by Crippen LogP contribution is 2.45. The molecule has 0 aromatic heterocycles. The van der Waals surface area contributed by atoms with Gasteiger partial charge in [-0.05, 0) is 91.3 Å². The Hall–Kier alpha value is -5.35. The number of phenols is 1. The Morgan fingerprint density at radius 2 is 1.55 bits per heavy atom. The third-order valence-corrected chi connectivity index (χ3v) is 13.0. The minimum absolute atomic E-state index is 0.00587. The largest absolute Gasteiger partial charge is 0.508 e. The molecule has 3 fully saturated rings. The Kier molecular flexibility index (Phi) is 9.34. The van der Waals surface area contributed by atoms with E-state index in [1.807, 2.05) is 14.7 Å². The fraction of sp³-hybridized carbons (Fsp3) is 0.452. The fourth-order valence-corrected chi connectivity index (χ4v) is 10.0. The molecule has 6 aliphatic rings. The first-order valence-corrected chi connectivity index (χ1v) is 19.7. The zero-order valence-electron chi connectivity index (χ0n) is 31.8. The first-order valence-electron chi connectivity index (χ1n) is 19.7. The Morgan fingerprint density at radius 1 is 0.914 bits per heavy atom. The second kappa shape index (κ2) is 14.2. The lowest BCUT2D eigenvalue weighted by Gasteiger charge is -2.54. The van der Waals surface area contributed by atoms with Crippen molar-refractivity contribution in [3.8, 4) is 5.75 Å². The number of imide groups is 2. The lowest BCUT2D eigenvalue weighted by molar-refractivity contribution is -0.146. The predicted molar refractivity (Wildman–Crippen MR) is 200 cm³/mol. The SMILES string of the molecule is C[C@@H]1Cc2cc(O)ccc2[C@@H](c2c(F)cc(N3CCC4(CC3)CN(C(=O)CN3Cc5cc6c(cc5C3)C(=O)N(C3CCC(=O)NC3=O)C6=O)C4)cc2F)N1CC(F)F. The van der Waals surface area contributed by atoms with Gasteiger partial charge in [0, 0.05) is 68.4 Å². The van der Waals surface area contributed by atoms with Crippen molar-refractivity contribution < 1.29 is 46.6 Å². The van der Waals surface area contributed by atoms with Gasteiger partial charge in [0.25, 0.3) is 18.2 Å². The Balaban J connectivity index is 0.809. The van der Waals surface area contributed by atoms with E-state index in [0.717, 1.165) is 16.0 Å². The molecular formula is C42H42F4N6O6. The number of piperidine rings is 2. The van der Waals surface area contributed by atoms with Crippen molar-refractivity contribution in [2.24, 2.45) is 5.41 Å². The number of rotatable bonds is 7. The molecule has 0 aliphatic carbocycles. The highest BCUT2D eigenvalue weighted by atomic mass is 19.3. The van der Waals surface area contributed by atoms with E-state index in [1.165, 1.54) is 29.2 Å². The van der Waals surface area contributed by atoms with E-state index in [4.69, 9.17) is 0 Å². The third-order valence-electron chi connectivity index (χ3n) is 13.0. The van der Waals surface area contributed by atoms with Crippen LogP contribution in [-0.4, -0.2) is 112 Å². The highest BCUT2D eigenvalue weighted by Gasteiger charge is 2.48. The number of fused-ring (bicyclic) bond motifs is 3. The molecule has 16 heteroatoms. The van der Waals surface area contributed by atoms with Gasteiger partial charge in [0.1, 0.15) is 23.4 Å². The molecule has 58 heavy (non-hydrogen) atoms. The van der Waals surface area contributed by atoms with E-state index < -0.39 is 66.4 Å².